The van der Waals surface area contributed by atoms with Crippen LogP contribution in [0, 0.1) is 11.8 Å². The zero-order chi connectivity index (χ0) is 13.8. The molecule has 0 aromatic heterocycles. The Balaban J connectivity index is 1.85. The summed E-state index contributed by atoms with van der Waals surface area (Å²) < 4.78 is 0. The highest BCUT2D eigenvalue weighted by Gasteiger charge is 2.33. The highest BCUT2D eigenvalue weighted by atomic mass is 32.2. The smallest absolute Gasteiger partial charge is 0.327 e. The molecule has 1 saturated heterocycles. The number of hydrogen-bond donors (Lipinski definition) is 2. The van der Waals surface area contributed by atoms with Crippen LogP contribution in [0.15, 0.2) is 0 Å². The van der Waals surface area contributed by atoms with E-state index in [2.05, 4.69) is 12.2 Å². The number of carbonyl (C=O) groups excluding carboxylic acids is 1. The van der Waals surface area contributed by atoms with Crippen molar-refractivity contribution in [2.75, 3.05) is 24.6 Å². The van der Waals surface area contributed by atoms with Gasteiger partial charge >= 0.3 is 12.0 Å². The zero-order valence-corrected chi connectivity index (χ0v) is 12.1. The summed E-state index contributed by atoms with van der Waals surface area (Å²) in [5.41, 5.74) is 0. The third-order valence-electron chi connectivity index (χ3n) is 4.23. The van der Waals surface area contributed by atoms with E-state index < -0.39 is 12.0 Å². The van der Waals surface area contributed by atoms with Gasteiger partial charge in [0.2, 0.25) is 0 Å². The molecule has 0 aromatic rings. The Morgan fingerprint density at radius 2 is 2.21 bits per heavy atom. The normalized spacial score (nSPS) is 31.2. The Hall–Kier alpha value is -0.910. The van der Waals surface area contributed by atoms with E-state index in [9.17, 15) is 9.59 Å². The summed E-state index contributed by atoms with van der Waals surface area (Å²) in [5.74, 6) is 1.61. The predicted molar refractivity (Wildman–Crippen MR) is 75.4 cm³/mol. The topological polar surface area (TPSA) is 69.6 Å². The maximum absolute atomic E-state index is 12.1. The number of nitrogens with zero attached hydrogens (tertiary/aromatic N) is 1. The Morgan fingerprint density at radius 3 is 2.84 bits per heavy atom. The second kappa shape index (κ2) is 6.50. The molecule has 0 aromatic carbocycles. The van der Waals surface area contributed by atoms with E-state index in [0.29, 0.717) is 30.7 Å². The van der Waals surface area contributed by atoms with Crippen molar-refractivity contribution in [1.29, 1.82) is 0 Å². The summed E-state index contributed by atoms with van der Waals surface area (Å²) in [4.78, 5) is 24.7. The monoisotopic (exact) mass is 286 g/mol. The van der Waals surface area contributed by atoms with Crippen molar-refractivity contribution in [3.8, 4) is 0 Å². The molecule has 6 heteroatoms. The molecule has 1 saturated carbocycles. The first-order valence-electron chi connectivity index (χ1n) is 6.94. The van der Waals surface area contributed by atoms with Crippen molar-refractivity contribution in [3.05, 3.63) is 0 Å². The standard InChI is InChI=1S/C13H22N2O3S/c1-9-3-2-4-10(9)7-14-13(18)15-5-6-19-8-11(15)12(16)17/h9-11H,2-8H2,1H3,(H,14,18)(H,16,17). The molecule has 2 amide bonds. The maximum atomic E-state index is 12.1. The van der Waals surface area contributed by atoms with Gasteiger partial charge in [0.1, 0.15) is 6.04 Å². The van der Waals surface area contributed by atoms with Gasteiger partial charge in [-0.05, 0) is 18.3 Å². The van der Waals surface area contributed by atoms with E-state index in [4.69, 9.17) is 5.11 Å². The molecule has 1 aliphatic carbocycles. The summed E-state index contributed by atoms with van der Waals surface area (Å²) in [5, 5.41) is 12.1. The van der Waals surface area contributed by atoms with Crippen LogP contribution in [0.1, 0.15) is 26.2 Å². The minimum absolute atomic E-state index is 0.216. The third kappa shape index (κ3) is 3.55. The molecule has 3 unspecified atom stereocenters. The fraction of sp³-hybridized carbons (Fsp3) is 0.846. The number of amides is 2. The van der Waals surface area contributed by atoms with Crippen LogP contribution in [0.2, 0.25) is 0 Å². The lowest BCUT2D eigenvalue weighted by atomic mass is 9.98. The molecule has 0 radical (unpaired) electrons. The van der Waals surface area contributed by atoms with Crippen LogP contribution in [0.3, 0.4) is 0 Å². The number of hydrogen-bond acceptors (Lipinski definition) is 3. The number of carbonyl (C=O) groups is 2. The van der Waals surface area contributed by atoms with Crippen molar-refractivity contribution in [1.82, 2.24) is 10.2 Å². The lowest BCUT2D eigenvalue weighted by molar-refractivity contribution is -0.141. The van der Waals surface area contributed by atoms with Gasteiger partial charge in [0, 0.05) is 24.6 Å². The van der Waals surface area contributed by atoms with Crippen molar-refractivity contribution in [2.45, 2.75) is 32.2 Å². The number of carboxylic acids is 1. The van der Waals surface area contributed by atoms with Crippen LogP contribution >= 0.6 is 11.8 Å². The predicted octanol–water partition coefficient (Wildman–Crippen LogP) is 1.63. The van der Waals surface area contributed by atoms with Gasteiger partial charge < -0.3 is 15.3 Å². The first-order chi connectivity index (χ1) is 9.09. The Morgan fingerprint density at radius 1 is 1.42 bits per heavy atom. The van der Waals surface area contributed by atoms with Crippen LogP contribution in [-0.4, -0.2) is 52.6 Å². The summed E-state index contributed by atoms with van der Waals surface area (Å²) in [7, 11) is 0. The first kappa shape index (κ1) is 14.5. The van der Waals surface area contributed by atoms with Crippen molar-refractivity contribution in [3.63, 3.8) is 0 Å². The van der Waals surface area contributed by atoms with E-state index in [-0.39, 0.29) is 6.03 Å². The lowest BCUT2D eigenvalue weighted by Gasteiger charge is -2.33. The fourth-order valence-corrected chi connectivity index (χ4v) is 3.94. The first-order valence-corrected chi connectivity index (χ1v) is 8.10. The number of aliphatic carboxylic acids is 1. The molecule has 1 heterocycles. The van der Waals surface area contributed by atoms with E-state index in [0.717, 1.165) is 5.75 Å². The SMILES string of the molecule is CC1CCCC1CNC(=O)N1CCSCC1C(=O)O. The third-order valence-corrected chi connectivity index (χ3v) is 5.25. The molecule has 0 spiro atoms. The number of thioether (sulfide) groups is 1. The van der Waals surface area contributed by atoms with E-state index in [1.54, 1.807) is 11.8 Å². The molecular weight excluding hydrogens is 264 g/mol. The molecule has 2 aliphatic rings. The minimum atomic E-state index is -0.906. The van der Waals surface area contributed by atoms with Crippen LogP contribution in [-0.2, 0) is 4.79 Å². The number of rotatable bonds is 3. The molecular formula is C13H22N2O3S. The largest absolute Gasteiger partial charge is 0.480 e. The van der Waals surface area contributed by atoms with Crippen molar-refractivity contribution >= 4 is 23.8 Å². The van der Waals surface area contributed by atoms with Gasteiger partial charge in [0.05, 0.1) is 0 Å². The summed E-state index contributed by atoms with van der Waals surface area (Å²) >= 11 is 1.59. The fourth-order valence-electron chi connectivity index (χ4n) is 2.90. The second-order valence-corrected chi connectivity index (χ2v) is 6.63. The van der Waals surface area contributed by atoms with Crippen molar-refractivity contribution in [2.24, 2.45) is 11.8 Å². The summed E-state index contributed by atoms with van der Waals surface area (Å²) in [6, 6.07) is -0.897. The van der Waals surface area contributed by atoms with Crippen LogP contribution in [0.5, 0.6) is 0 Å². The average molecular weight is 286 g/mol. The molecule has 3 atom stereocenters. The molecule has 2 fully saturated rings. The molecule has 108 valence electrons. The van der Waals surface area contributed by atoms with Crippen LogP contribution < -0.4 is 5.32 Å². The van der Waals surface area contributed by atoms with E-state index in [1.165, 1.54) is 24.2 Å². The van der Waals surface area contributed by atoms with Crippen LogP contribution in [0.4, 0.5) is 4.79 Å². The number of urea groups is 1. The highest BCUT2D eigenvalue weighted by Crippen LogP contribution is 2.30. The second-order valence-electron chi connectivity index (χ2n) is 5.48. The van der Waals surface area contributed by atoms with E-state index >= 15 is 0 Å². The molecule has 19 heavy (non-hydrogen) atoms. The van der Waals surface area contributed by atoms with Gasteiger partial charge in [-0.15, -0.1) is 0 Å². The highest BCUT2D eigenvalue weighted by molar-refractivity contribution is 7.99. The van der Waals surface area contributed by atoms with Gasteiger partial charge in [-0.2, -0.15) is 11.8 Å². The van der Waals surface area contributed by atoms with Crippen LogP contribution in [0.25, 0.3) is 0 Å². The average Bonchev–Trinajstić information content (AvgIpc) is 2.81. The number of nitrogens with one attached hydrogen (secondary N) is 1. The summed E-state index contributed by atoms with van der Waals surface area (Å²) in [6.45, 7) is 3.42. The van der Waals surface area contributed by atoms with Gasteiger partial charge in [-0.1, -0.05) is 19.8 Å². The van der Waals surface area contributed by atoms with Gasteiger partial charge in [0.15, 0.2) is 0 Å². The molecule has 0 bridgehead atoms. The van der Waals surface area contributed by atoms with Crippen molar-refractivity contribution < 1.29 is 14.7 Å². The van der Waals surface area contributed by atoms with E-state index in [1.807, 2.05) is 0 Å². The van der Waals surface area contributed by atoms with Gasteiger partial charge in [-0.25, -0.2) is 9.59 Å². The Bertz CT molecular complexity index is 351. The minimum Gasteiger partial charge on any atom is -0.480 e. The molecule has 2 rings (SSSR count). The zero-order valence-electron chi connectivity index (χ0n) is 11.3. The molecule has 5 nitrogen and oxygen atoms in total. The van der Waals surface area contributed by atoms with Gasteiger partial charge in [0.25, 0.3) is 0 Å². The molecule has 1 aliphatic heterocycles. The van der Waals surface area contributed by atoms with Gasteiger partial charge in [-0.3, -0.25) is 0 Å². The summed E-state index contributed by atoms with van der Waals surface area (Å²) in [6.07, 6.45) is 3.64. The quantitative estimate of drug-likeness (QED) is 0.827. The number of carboxylic acid groups (broad SMARTS) is 1. The molecule has 2 N–H and O–H groups in total. The Labute approximate surface area is 118 Å². The maximum Gasteiger partial charge on any atom is 0.327 e. The lowest BCUT2D eigenvalue weighted by Crippen LogP contribution is -2.54. The Kier molecular flexibility index (Phi) is 4.96.